The van der Waals surface area contributed by atoms with E-state index in [0.717, 1.165) is 19.8 Å². The van der Waals surface area contributed by atoms with Gasteiger partial charge in [-0.15, -0.1) is 12.4 Å². The Balaban J connectivity index is 0.000000640. The number of ether oxygens (including phenoxy) is 1. The highest BCUT2D eigenvalue weighted by Gasteiger charge is 2.10. The van der Waals surface area contributed by atoms with Gasteiger partial charge >= 0.3 is 0 Å². The maximum atomic E-state index is 5.42. The average molecular weight is 152 g/mol. The summed E-state index contributed by atoms with van der Waals surface area (Å²) in [7, 11) is 0. The first kappa shape index (κ1) is 9.21. The molecule has 1 rings (SSSR count). The SMILES string of the molecule is Cl.NCC1CCCOC1. The maximum Gasteiger partial charge on any atom is 0.0506 e. The molecular formula is C6H14ClNO. The van der Waals surface area contributed by atoms with Crippen LogP contribution in [0.15, 0.2) is 0 Å². The van der Waals surface area contributed by atoms with Gasteiger partial charge in [-0.25, -0.2) is 0 Å². The molecule has 0 aromatic heterocycles. The Morgan fingerprint density at radius 1 is 1.56 bits per heavy atom. The summed E-state index contributed by atoms with van der Waals surface area (Å²) < 4.78 is 5.19. The number of hydrogen-bond donors (Lipinski definition) is 1. The van der Waals surface area contributed by atoms with Crippen molar-refractivity contribution in [2.75, 3.05) is 19.8 Å². The first-order chi connectivity index (χ1) is 3.93. The van der Waals surface area contributed by atoms with E-state index in [0.29, 0.717) is 5.92 Å². The Bertz CT molecular complexity index is 64.1. The van der Waals surface area contributed by atoms with E-state index in [2.05, 4.69) is 0 Å². The molecule has 0 radical (unpaired) electrons. The van der Waals surface area contributed by atoms with Crippen LogP contribution in [-0.4, -0.2) is 19.8 Å². The Kier molecular flexibility index (Phi) is 5.15. The van der Waals surface area contributed by atoms with Crippen molar-refractivity contribution < 1.29 is 4.74 Å². The van der Waals surface area contributed by atoms with Gasteiger partial charge in [-0.1, -0.05) is 0 Å². The molecule has 56 valence electrons. The molecule has 1 unspecified atom stereocenters. The lowest BCUT2D eigenvalue weighted by molar-refractivity contribution is 0.0580. The topological polar surface area (TPSA) is 35.2 Å². The van der Waals surface area contributed by atoms with Crippen LogP contribution >= 0.6 is 12.4 Å². The Morgan fingerprint density at radius 2 is 2.33 bits per heavy atom. The van der Waals surface area contributed by atoms with Crippen LogP contribution in [0, 0.1) is 5.92 Å². The molecule has 2 N–H and O–H groups in total. The first-order valence-electron chi connectivity index (χ1n) is 3.21. The fraction of sp³-hybridized carbons (Fsp3) is 1.00. The molecule has 1 aliphatic heterocycles. The van der Waals surface area contributed by atoms with Crippen LogP contribution in [0.25, 0.3) is 0 Å². The summed E-state index contributed by atoms with van der Waals surface area (Å²) in [4.78, 5) is 0. The Hall–Kier alpha value is 0.210. The molecule has 0 aromatic carbocycles. The molecular weight excluding hydrogens is 138 g/mol. The number of nitrogens with two attached hydrogens (primary N) is 1. The molecule has 9 heavy (non-hydrogen) atoms. The summed E-state index contributed by atoms with van der Waals surface area (Å²) in [6, 6.07) is 0. The van der Waals surface area contributed by atoms with Crippen molar-refractivity contribution in [1.82, 2.24) is 0 Å². The van der Waals surface area contributed by atoms with Gasteiger partial charge in [0.25, 0.3) is 0 Å². The lowest BCUT2D eigenvalue weighted by Gasteiger charge is -2.19. The Labute approximate surface area is 62.2 Å². The van der Waals surface area contributed by atoms with E-state index in [1.165, 1.54) is 12.8 Å². The average Bonchev–Trinajstić information content (AvgIpc) is 1.90. The fourth-order valence-corrected chi connectivity index (χ4v) is 0.993. The predicted octanol–water partition coefficient (Wildman–Crippen LogP) is 0.793. The van der Waals surface area contributed by atoms with E-state index in [1.54, 1.807) is 0 Å². The minimum Gasteiger partial charge on any atom is -0.381 e. The minimum atomic E-state index is 0. The summed E-state index contributed by atoms with van der Waals surface area (Å²) in [6.07, 6.45) is 2.46. The van der Waals surface area contributed by atoms with Gasteiger partial charge in [0.05, 0.1) is 6.61 Å². The third-order valence-corrected chi connectivity index (χ3v) is 1.59. The van der Waals surface area contributed by atoms with Gasteiger partial charge in [0, 0.05) is 6.61 Å². The minimum absolute atomic E-state index is 0. The van der Waals surface area contributed by atoms with Crippen molar-refractivity contribution in [2.24, 2.45) is 11.7 Å². The molecule has 0 aromatic rings. The zero-order chi connectivity index (χ0) is 5.82. The summed E-state index contributed by atoms with van der Waals surface area (Å²) >= 11 is 0. The van der Waals surface area contributed by atoms with Crippen LogP contribution in [0.5, 0.6) is 0 Å². The van der Waals surface area contributed by atoms with Crippen LogP contribution in [0.3, 0.4) is 0 Å². The number of rotatable bonds is 1. The van der Waals surface area contributed by atoms with E-state index in [-0.39, 0.29) is 12.4 Å². The van der Waals surface area contributed by atoms with E-state index in [1.807, 2.05) is 0 Å². The van der Waals surface area contributed by atoms with Gasteiger partial charge in [0.2, 0.25) is 0 Å². The third kappa shape index (κ3) is 3.04. The molecule has 0 saturated carbocycles. The van der Waals surface area contributed by atoms with Gasteiger partial charge in [0.15, 0.2) is 0 Å². The van der Waals surface area contributed by atoms with Crippen LogP contribution < -0.4 is 5.73 Å². The van der Waals surface area contributed by atoms with E-state index >= 15 is 0 Å². The molecule has 0 amide bonds. The normalized spacial score (nSPS) is 27.0. The second-order valence-corrected chi connectivity index (χ2v) is 2.32. The first-order valence-corrected chi connectivity index (χ1v) is 3.21. The van der Waals surface area contributed by atoms with E-state index in [4.69, 9.17) is 10.5 Å². The second-order valence-electron chi connectivity index (χ2n) is 2.32. The summed E-state index contributed by atoms with van der Waals surface area (Å²) in [6.45, 7) is 2.62. The molecule has 0 bridgehead atoms. The second kappa shape index (κ2) is 5.03. The van der Waals surface area contributed by atoms with Crippen molar-refractivity contribution in [3.8, 4) is 0 Å². The molecule has 3 heteroatoms. The van der Waals surface area contributed by atoms with Gasteiger partial charge in [-0.2, -0.15) is 0 Å². The molecule has 0 aliphatic carbocycles. The highest BCUT2D eigenvalue weighted by molar-refractivity contribution is 5.85. The van der Waals surface area contributed by atoms with Crippen LogP contribution in [0.1, 0.15) is 12.8 Å². The van der Waals surface area contributed by atoms with Crippen LogP contribution in [0.4, 0.5) is 0 Å². The lowest BCUT2D eigenvalue weighted by Crippen LogP contribution is -2.24. The van der Waals surface area contributed by atoms with E-state index in [9.17, 15) is 0 Å². The van der Waals surface area contributed by atoms with Crippen LogP contribution in [0.2, 0.25) is 0 Å². The lowest BCUT2D eigenvalue weighted by atomic mass is 10.0. The summed E-state index contributed by atoms with van der Waals surface area (Å²) in [5.41, 5.74) is 5.42. The smallest absolute Gasteiger partial charge is 0.0506 e. The highest BCUT2D eigenvalue weighted by atomic mass is 35.5. The molecule has 1 saturated heterocycles. The monoisotopic (exact) mass is 151 g/mol. The number of hydrogen-bond acceptors (Lipinski definition) is 2. The van der Waals surface area contributed by atoms with Crippen molar-refractivity contribution in [3.05, 3.63) is 0 Å². The molecule has 1 atom stereocenters. The molecule has 2 nitrogen and oxygen atoms in total. The van der Waals surface area contributed by atoms with Crippen molar-refractivity contribution in [3.63, 3.8) is 0 Å². The largest absolute Gasteiger partial charge is 0.381 e. The molecule has 0 spiro atoms. The summed E-state index contributed by atoms with van der Waals surface area (Å²) in [5.74, 6) is 0.642. The van der Waals surface area contributed by atoms with Gasteiger partial charge in [0.1, 0.15) is 0 Å². The zero-order valence-electron chi connectivity index (χ0n) is 5.51. The highest BCUT2D eigenvalue weighted by Crippen LogP contribution is 2.10. The van der Waals surface area contributed by atoms with Gasteiger partial charge < -0.3 is 10.5 Å². The van der Waals surface area contributed by atoms with Gasteiger partial charge in [-0.05, 0) is 25.3 Å². The predicted molar refractivity (Wildman–Crippen MR) is 39.8 cm³/mol. The van der Waals surface area contributed by atoms with Crippen LogP contribution in [-0.2, 0) is 4.74 Å². The third-order valence-electron chi connectivity index (χ3n) is 1.59. The Morgan fingerprint density at radius 3 is 2.67 bits per heavy atom. The van der Waals surface area contributed by atoms with Gasteiger partial charge in [-0.3, -0.25) is 0 Å². The maximum absolute atomic E-state index is 5.42. The zero-order valence-corrected chi connectivity index (χ0v) is 6.32. The molecule has 1 aliphatic rings. The number of halogens is 1. The standard InChI is InChI=1S/C6H13NO.ClH/c7-4-6-2-1-3-8-5-6;/h6H,1-5,7H2;1H. The molecule has 1 fully saturated rings. The molecule has 1 heterocycles. The van der Waals surface area contributed by atoms with Crippen molar-refractivity contribution in [1.29, 1.82) is 0 Å². The van der Waals surface area contributed by atoms with Crippen molar-refractivity contribution >= 4 is 12.4 Å². The van der Waals surface area contributed by atoms with E-state index < -0.39 is 0 Å². The fourth-order valence-electron chi connectivity index (χ4n) is 0.993. The van der Waals surface area contributed by atoms with Crippen molar-refractivity contribution in [2.45, 2.75) is 12.8 Å². The quantitative estimate of drug-likeness (QED) is 0.602. The summed E-state index contributed by atoms with van der Waals surface area (Å²) in [5, 5.41) is 0.